The van der Waals surface area contributed by atoms with E-state index in [2.05, 4.69) is 58.7 Å². The van der Waals surface area contributed by atoms with Crippen LogP contribution in [0, 0.1) is 11.8 Å². The lowest BCUT2D eigenvalue weighted by atomic mass is 9.87. The van der Waals surface area contributed by atoms with Crippen molar-refractivity contribution in [2.24, 2.45) is 11.8 Å². The first-order chi connectivity index (χ1) is 10.5. The van der Waals surface area contributed by atoms with Crippen LogP contribution in [0.4, 0.5) is 0 Å². The summed E-state index contributed by atoms with van der Waals surface area (Å²) in [4.78, 5) is 2.57. The molecule has 3 heteroatoms. The third-order valence-electron chi connectivity index (χ3n) is 5.11. The first-order valence-electron chi connectivity index (χ1n) is 9.65. The highest BCUT2D eigenvalue weighted by atomic mass is 16.3. The predicted molar refractivity (Wildman–Crippen MR) is 101 cm³/mol. The number of aliphatic hydroxyl groups excluding tert-OH is 1. The van der Waals surface area contributed by atoms with Crippen LogP contribution >= 0.6 is 0 Å². The lowest BCUT2D eigenvalue weighted by Crippen LogP contribution is -2.40. The summed E-state index contributed by atoms with van der Waals surface area (Å²) in [6.45, 7) is 19.5. The molecule has 1 saturated carbocycles. The molecule has 2 fully saturated rings. The van der Waals surface area contributed by atoms with Crippen molar-refractivity contribution >= 4 is 0 Å². The van der Waals surface area contributed by atoms with Crippen LogP contribution in [-0.4, -0.2) is 46.8 Å². The highest BCUT2D eigenvalue weighted by Crippen LogP contribution is 2.24. The van der Waals surface area contributed by atoms with E-state index in [4.69, 9.17) is 0 Å². The quantitative estimate of drug-likeness (QED) is 0.803. The molecule has 0 spiro atoms. The van der Waals surface area contributed by atoms with E-state index in [1.165, 1.54) is 32.4 Å². The summed E-state index contributed by atoms with van der Waals surface area (Å²) in [6, 6.07) is 0. The van der Waals surface area contributed by atoms with E-state index in [1.807, 2.05) is 0 Å². The second kappa shape index (κ2) is 8.82. The highest BCUT2D eigenvalue weighted by Gasteiger charge is 2.27. The minimum absolute atomic E-state index is 0.0223. The van der Waals surface area contributed by atoms with Gasteiger partial charge in [0, 0.05) is 17.6 Å². The maximum absolute atomic E-state index is 9.33. The van der Waals surface area contributed by atoms with Gasteiger partial charge in [0.1, 0.15) is 0 Å². The molecule has 0 radical (unpaired) electrons. The van der Waals surface area contributed by atoms with Gasteiger partial charge in [-0.2, -0.15) is 0 Å². The summed E-state index contributed by atoms with van der Waals surface area (Å²) < 4.78 is 0. The number of hydrogen-bond acceptors (Lipinski definition) is 3. The molecule has 2 rings (SSSR count). The summed E-state index contributed by atoms with van der Waals surface area (Å²) in [5.41, 5.74) is 0.626. The smallest absolute Gasteiger partial charge is 0.0540 e. The van der Waals surface area contributed by atoms with E-state index in [0.717, 1.165) is 31.2 Å². The first-order valence-corrected chi connectivity index (χ1v) is 9.65. The largest absolute Gasteiger partial charge is 0.393 e. The third-order valence-corrected chi connectivity index (χ3v) is 5.11. The molecule has 0 aromatic rings. The van der Waals surface area contributed by atoms with Crippen LogP contribution < -0.4 is 5.32 Å². The average Bonchev–Trinajstić information content (AvgIpc) is 2.85. The van der Waals surface area contributed by atoms with Crippen LogP contribution in [0.2, 0.25) is 0 Å². The molecule has 2 aliphatic rings. The van der Waals surface area contributed by atoms with Crippen molar-refractivity contribution < 1.29 is 5.11 Å². The van der Waals surface area contributed by atoms with Crippen molar-refractivity contribution in [3.8, 4) is 0 Å². The molecule has 1 aliphatic heterocycles. The number of nitrogens with one attached hydrogen (secondary N) is 1. The molecule has 138 valence electrons. The fraction of sp³-hybridized carbons (Fsp3) is 1.00. The standard InChI is InChI=1S/C11H23NO.C9H19N/c1-11(2,3)12-8-9-4-6-10(13)7-5-9;1-8-5-6-10(7-8)9(2,3)4/h9-10,12-13H,4-8H2,1-3H3;8H,5-7H2,1-4H3/t;8-/m.1/s1. The maximum Gasteiger partial charge on any atom is 0.0540 e. The van der Waals surface area contributed by atoms with E-state index in [9.17, 15) is 5.11 Å². The van der Waals surface area contributed by atoms with Crippen LogP contribution in [-0.2, 0) is 0 Å². The molecule has 2 N–H and O–H groups in total. The molecule has 1 heterocycles. The predicted octanol–water partition coefficient (Wildman–Crippen LogP) is 4.05. The summed E-state index contributed by atoms with van der Waals surface area (Å²) in [6.07, 6.45) is 5.73. The molecule has 1 aliphatic carbocycles. The minimum Gasteiger partial charge on any atom is -0.393 e. The fourth-order valence-electron chi connectivity index (χ4n) is 3.34. The normalized spacial score (nSPS) is 30.0. The Labute approximate surface area is 145 Å². The van der Waals surface area contributed by atoms with Gasteiger partial charge in [0.25, 0.3) is 0 Å². The zero-order valence-corrected chi connectivity index (χ0v) is 16.8. The molecule has 0 amide bonds. The molecule has 3 nitrogen and oxygen atoms in total. The SMILES string of the molecule is CC(C)(C)NCC1CCC(O)CC1.C[C@@H]1CCN(C(C)(C)C)C1. The summed E-state index contributed by atoms with van der Waals surface area (Å²) in [5.74, 6) is 1.70. The highest BCUT2D eigenvalue weighted by molar-refractivity contribution is 4.82. The van der Waals surface area contributed by atoms with E-state index in [1.54, 1.807) is 0 Å². The van der Waals surface area contributed by atoms with Crippen molar-refractivity contribution in [3.05, 3.63) is 0 Å². The van der Waals surface area contributed by atoms with Crippen LogP contribution in [0.15, 0.2) is 0 Å². The van der Waals surface area contributed by atoms with Gasteiger partial charge >= 0.3 is 0 Å². The zero-order valence-electron chi connectivity index (χ0n) is 16.8. The lowest BCUT2D eigenvalue weighted by molar-refractivity contribution is 0.106. The summed E-state index contributed by atoms with van der Waals surface area (Å²) in [7, 11) is 0. The second-order valence-electron chi connectivity index (χ2n) is 9.82. The van der Waals surface area contributed by atoms with E-state index in [-0.39, 0.29) is 11.6 Å². The van der Waals surface area contributed by atoms with Gasteiger partial charge in [-0.05, 0) is 98.6 Å². The summed E-state index contributed by atoms with van der Waals surface area (Å²) in [5, 5.41) is 12.9. The van der Waals surface area contributed by atoms with Crippen molar-refractivity contribution in [2.45, 2.75) is 97.8 Å². The van der Waals surface area contributed by atoms with Gasteiger partial charge in [-0.15, -0.1) is 0 Å². The zero-order chi connectivity index (χ0) is 17.7. The Morgan fingerprint density at radius 1 is 0.957 bits per heavy atom. The molecule has 1 saturated heterocycles. The van der Waals surface area contributed by atoms with Crippen LogP contribution in [0.1, 0.15) is 80.6 Å². The fourth-order valence-corrected chi connectivity index (χ4v) is 3.34. The van der Waals surface area contributed by atoms with Gasteiger partial charge in [0.15, 0.2) is 0 Å². The van der Waals surface area contributed by atoms with E-state index < -0.39 is 0 Å². The van der Waals surface area contributed by atoms with E-state index in [0.29, 0.717) is 5.54 Å². The molecule has 0 aromatic heterocycles. The Bertz CT molecular complexity index is 322. The Morgan fingerprint density at radius 2 is 1.52 bits per heavy atom. The number of hydrogen-bond donors (Lipinski definition) is 2. The third kappa shape index (κ3) is 9.07. The van der Waals surface area contributed by atoms with E-state index >= 15 is 0 Å². The molecule has 1 atom stereocenters. The Morgan fingerprint density at radius 3 is 1.87 bits per heavy atom. The number of likely N-dealkylation sites (tertiary alicyclic amines) is 1. The Balaban J connectivity index is 0.000000238. The number of nitrogens with zero attached hydrogens (tertiary/aromatic N) is 1. The second-order valence-corrected chi connectivity index (χ2v) is 9.82. The van der Waals surface area contributed by atoms with Crippen LogP contribution in [0.3, 0.4) is 0 Å². The number of aliphatic hydroxyl groups is 1. The van der Waals surface area contributed by atoms with Crippen molar-refractivity contribution in [2.75, 3.05) is 19.6 Å². The first kappa shape index (κ1) is 20.9. The Kier molecular flexibility index (Phi) is 8.03. The van der Waals surface area contributed by atoms with Crippen molar-refractivity contribution in [1.82, 2.24) is 10.2 Å². The van der Waals surface area contributed by atoms with Crippen molar-refractivity contribution in [3.63, 3.8) is 0 Å². The molecule has 0 aromatic carbocycles. The van der Waals surface area contributed by atoms with Gasteiger partial charge in [0.2, 0.25) is 0 Å². The van der Waals surface area contributed by atoms with Gasteiger partial charge in [-0.3, -0.25) is 4.90 Å². The molecule has 0 unspecified atom stereocenters. The van der Waals surface area contributed by atoms with Crippen LogP contribution in [0.25, 0.3) is 0 Å². The molecule has 0 bridgehead atoms. The number of rotatable bonds is 2. The van der Waals surface area contributed by atoms with Gasteiger partial charge in [-0.25, -0.2) is 0 Å². The Hall–Kier alpha value is -0.120. The molecule has 23 heavy (non-hydrogen) atoms. The van der Waals surface area contributed by atoms with Crippen LogP contribution in [0.5, 0.6) is 0 Å². The lowest BCUT2D eigenvalue weighted by Gasteiger charge is -2.31. The van der Waals surface area contributed by atoms with Gasteiger partial charge < -0.3 is 10.4 Å². The topological polar surface area (TPSA) is 35.5 Å². The average molecular weight is 327 g/mol. The van der Waals surface area contributed by atoms with Gasteiger partial charge in [-0.1, -0.05) is 6.92 Å². The summed E-state index contributed by atoms with van der Waals surface area (Å²) >= 11 is 0. The monoisotopic (exact) mass is 326 g/mol. The van der Waals surface area contributed by atoms with Crippen molar-refractivity contribution in [1.29, 1.82) is 0 Å². The maximum atomic E-state index is 9.33. The van der Waals surface area contributed by atoms with Gasteiger partial charge in [0.05, 0.1) is 6.10 Å². The molecular formula is C20H42N2O. The molecular weight excluding hydrogens is 284 g/mol. The minimum atomic E-state index is -0.0223.